The molecule has 0 aliphatic carbocycles. The van der Waals surface area contributed by atoms with Gasteiger partial charge in [0.2, 0.25) is 5.91 Å². The number of thioether (sulfide) groups is 1. The van der Waals surface area contributed by atoms with Crippen LogP contribution < -0.4 is 15.8 Å². The monoisotopic (exact) mass is 296 g/mol. The molecule has 0 saturated heterocycles. The molecule has 1 aromatic carbocycles. The van der Waals surface area contributed by atoms with Gasteiger partial charge in [-0.2, -0.15) is 11.8 Å². The Hall–Kier alpha value is -1.20. The number of benzene rings is 1. The molecule has 1 aromatic rings. The van der Waals surface area contributed by atoms with E-state index in [1.54, 1.807) is 18.9 Å². The quantitative estimate of drug-likeness (QED) is 0.773. The van der Waals surface area contributed by atoms with Crippen LogP contribution in [-0.2, 0) is 4.79 Å². The average molecular weight is 296 g/mol. The maximum atomic E-state index is 12.1. The van der Waals surface area contributed by atoms with E-state index in [0.29, 0.717) is 6.42 Å². The van der Waals surface area contributed by atoms with Gasteiger partial charge in [-0.05, 0) is 30.9 Å². The third kappa shape index (κ3) is 4.72. The molecule has 0 bridgehead atoms. The van der Waals surface area contributed by atoms with Gasteiger partial charge in [-0.25, -0.2) is 0 Å². The number of carbonyl (C=O) groups excluding carboxylic acids is 1. The molecule has 0 aliphatic heterocycles. The van der Waals surface area contributed by atoms with Crippen molar-refractivity contribution in [2.75, 3.05) is 19.1 Å². The van der Waals surface area contributed by atoms with Crippen molar-refractivity contribution in [2.24, 2.45) is 5.73 Å². The molecule has 0 radical (unpaired) electrons. The number of nitrogens with one attached hydrogen (secondary N) is 1. The number of methoxy groups -OCH3 is 1. The van der Waals surface area contributed by atoms with E-state index >= 15 is 0 Å². The summed E-state index contributed by atoms with van der Waals surface area (Å²) in [6, 6.07) is 7.21. The SMILES string of the molecule is CCC(NC(=O)[C@@H](N)CCSC)c1ccccc1OC. The van der Waals surface area contributed by atoms with Gasteiger partial charge in [-0.15, -0.1) is 0 Å². The fourth-order valence-corrected chi connectivity index (χ4v) is 2.50. The first-order valence-electron chi connectivity index (χ1n) is 6.81. The standard InChI is InChI=1S/C15H24N2O2S/c1-4-13(11-7-5-6-8-14(11)19-2)17-15(18)12(16)9-10-20-3/h5-8,12-13H,4,9-10,16H2,1-3H3,(H,17,18)/t12-,13?/m0/s1. The van der Waals surface area contributed by atoms with Crippen LogP contribution in [0.5, 0.6) is 5.75 Å². The van der Waals surface area contributed by atoms with E-state index in [0.717, 1.165) is 23.5 Å². The number of hydrogen-bond acceptors (Lipinski definition) is 4. The zero-order valence-corrected chi connectivity index (χ0v) is 13.2. The van der Waals surface area contributed by atoms with Gasteiger partial charge < -0.3 is 15.8 Å². The second kappa shape index (κ2) is 8.87. The number of amides is 1. The van der Waals surface area contributed by atoms with Crippen molar-refractivity contribution in [3.63, 3.8) is 0 Å². The average Bonchev–Trinajstić information content (AvgIpc) is 2.49. The van der Waals surface area contributed by atoms with Gasteiger partial charge in [0, 0.05) is 5.56 Å². The van der Waals surface area contributed by atoms with Gasteiger partial charge in [0.15, 0.2) is 0 Å². The van der Waals surface area contributed by atoms with Gasteiger partial charge in [0.1, 0.15) is 5.75 Å². The predicted molar refractivity (Wildman–Crippen MR) is 85.1 cm³/mol. The fourth-order valence-electron chi connectivity index (χ4n) is 2.01. The highest BCUT2D eigenvalue weighted by molar-refractivity contribution is 7.98. The normalized spacial score (nSPS) is 13.6. The second-order valence-electron chi connectivity index (χ2n) is 4.60. The van der Waals surface area contributed by atoms with E-state index in [9.17, 15) is 4.79 Å². The summed E-state index contributed by atoms with van der Waals surface area (Å²) in [5, 5.41) is 3.01. The third-order valence-corrected chi connectivity index (χ3v) is 3.85. The van der Waals surface area contributed by atoms with Gasteiger partial charge >= 0.3 is 0 Å². The van der Waals surface area contributed by atoms with Gasteiger partial charge in [-0.3, -0.25) is 4.79 Å². The summed E-state index contributed by atoms with van der Waals surface area (Å²) in [7, 11) is 1.64. The van der Waals surface area contributed by atoms with Crippen LogP contribution in [0.25, 0.3) is 0 Å². The topological polar surface area (TPSA) is 64.4 Å². The molecule has 4 nitrogen and oxygen atoms in total. The first-order chi connectivity index (χ1) is 9.63. The molecule has 0 fully saturated rings. The summed E-state index contributed by atoms with van der Waals surface area (Å²) in [6.07, 6.45) is 3.49. The Kier molecular flexibility index (Phi) is 7.47. The van der Waals surface area contributed by atoms with E-state index in [1.807, 2.05) is 37.4 Å². The van der Waals surface area contributed by atoms with Crippen LogP contribution >= 0.6 is 11.8 Å². The van der Waals surface area contributed by atoms with Crippen LogP contribution in [0, 0.1) is 0 Å². The van der Waals surface area contributed by atoms with Crippen molar-refractivity contribution in [3.8, 4) is 5.75 Å². The van der Waals surface area contributed by atoms with Gasteiger partial charge in [-0.1, -0.05) is 25.1 Å². The van der Waals surface area contributed by atoms with E-state index in [-0.39, 0.29) is 11.9 Å². The molecule has 0 aliphatic rings. The molecule has 1 unspecified atom stereocenters. The summed E-state index contributed by atoms with van der Waals surface area (Å²) >= 11 is 1.69. The first kappa shape index (κ1) is 16.9. The molecule has 3 N–H and O–H groups in total. The molecule has 0 aromatic heterocycles. The van der Waals surface area contributed by atoms with Crippen LogP contribution in [0.4, 0.5) is 0 Å². The summed E-state index contributed by atoms with van der Waals surface area (Å²) in [4.78, 5) is 12.1. The summed E-state index contributed by atoms with van der Waals surface area (Å²) < 4.78 is 5.35. The Morgan fingerprint density at radius 2 is 2.15 bits per heavy atom. The summed E-state index contributed by atoms with van der Waals surface area (Å²) in [5.74, 6) is 1.58. The molecule has 0 saturated carbocycles. The van der Waals surface area contributed by atoms with E-state index in [4.69, 9.17) is 10.5 Å². The highest BCUT2D eigenvalue weighted by Crippen LogP contribution is 2.26. The largest absolute Gasteiger partial charge is 0.496 e. The van der Waals surface area contributed by atoms with Crippen molar-refractivity contribution >= 4 is 17.7 Å². The predicted octanol–water partition coefficient (Wildman–Crippen LogP) is 2.34. The number of nitrogens with two attached hydrogens (primary N) is 1. The molecule has 5 heteroatoms. The maximum absolute atomic E-state index is 12.1. The lowest BCUT2D eigenvalue weighted by molar-refractivity contribution is -0.123. The summed E-state index contributed by atoms with van der Waals surface area (Å²) in [5.41, 5.74) is 6.89. The molecule has 1 rings (SSSR count). The number of ether oxygens (including phenoxy) is 1. The lowest BCUT2D eigenvalue weighted by Crippen LogP contribution is -2.42. The first-order valence-corrected chi connectivity index (χ1v) is 8.21. The van der Waals surface area contributed by atoms with Crippen molar-refractivity contribution in [2.45, 2.75) is 31.8 Å². The molecule has 112 valence electrons. The fraction of sp³-hybridized carbons (Fsp3) is 0.533. The zero-order valence-electron chi connectivity index (χ0n) is 12.4. The molecule has 20 heavy (non-hydrogen) atoms. The smallest absolute Gasteiger partial charge is 0.237 e. The maximum Gasteiger partial charge on any atom is 0.237 e. The minimum atomic E-state index is -0.453. The highest BCUT2D eigenvalue weighted by atomic mass is 32.2. The molecule has 1 amide bonds. The molecule has 0 spiro atoms. The van der Waals surface area contributed by atoms with Crippen LogP contribution in [0.1, 0.15) is 31.4 Å². The number of rotatable bonds is 8. The van der Waals surface area contributed by atoms with Crippen LogP contribution in [0.15, 0.2) is 24.3 Å². The number of carbonyl (C=O) groups is 1. The van der Waals surface area contributed by atoms with Gasteiger partial charge in [0.05, 0.1) is 19.2 Å². The highest BCUT2D eigenvalue weighted by Gasteiger charge is 2.20. The number of para-hydroxylation sites is 1. The summed E-state index contributed by atoms with van der Waals surface area (Å²) in [6.45, 7) is 2.03. The molecular weight excluding hydrogens is 272 g/mol. The lowest BCUT2D eigenvalue weighted by atomic mass is 10.0. The van der Waals surface area contributed by atoms with Crippen molar-refractivity contribution in [3.05, 3.63) is 29.8 Å². The Morgan fingerprint density at radius 3 is 2.75 bits per heavy atom. The van der Waals surface area contributed by atoms with E-state index in [1.165, 1.54) is 0 Å². The minimum absolute atomic E-state index is 0.0704. The second-order valence-corrected chi connectivity index (χ2v) is 5.58. The Labute approximate surface area is 125 Å². The molecule has 2 atom stereocenters. The van der Waals surface area contributed by atoms with Crippen LogP contribution in [-0.4, -0.2) is 31.1 Å². The Bertz CT molecular complexity index is 426. The van der Waals surface area contributed by atoms with Crippen LogP contribution in [0.3, 0.4) is 0 Å². The third-order valence-electron chi connectivity index (χ3n) is 3.21. The van der Waals surface area contributed by atoms with Crippen molar-refractivity contribution < 1.29 is 9.53 Å². The molecular formula is C15H24N2O2S. The van der Waals surface area contributed by atoms with E-state index in [2.05, 4.69) is 5.32 Å². The van der Waals surface area contributed by atoms with Crippen molar-refractivity contribution in [1.82, 2.24) is 5.32 Å². The Balaban J connectivity index is 2.74. The van der Waals surface area contributed by atoms with Crippen molar-refractivity contribution in [1.29, 1.82) is 0 Å². The van der Waals surface area contributed by atoms with Gasteiger partial charge in [0.25, 0.3) is 0 Å². The minimum Gasteiger partial charge on any atom is -0.496 e. The van der Waals surface area contributed by atoms with Crippen LogP contribution in [0.2, 0.25) is 0 Å². The van der Waals surface area contributed by atoms with E-state index < -0.39 is 6.04 Å². The lowest BCUT2D eigenvalue weighted by Gasteiger charge is -2.22. The molecule has 0 heterocycles. The Morgan fingerprint density at radius 1 is 1.45 bits per heavy atom. The zero-order chi connectivity index (χ0) is 15.0. The number of hydrogen-bond donors (Lipinski definition) is 2.